The number of para-hydroxylation sites is 1. The highest BCUT2D eigenvalue weighted by Gasteiger charge is 2.46. The third kappa shape index (κ3) is 4.43. The largest absolute Gasteiger partial charge is 0.381 e. The number of nitrogens with one attached hydrogen (secondary N) is 2. The minimum absolute atomic E-state index is 0.0118. The molecule has 1 amide bonds. The van der Waals surface area contributed by atoms with Crippen LogP contribution in [0, 0.1) is 11.2 Å². The van der Waals surface area contributed by atoms with Crippen LogP contribution in [0.15, 0.2) is 18.2 Å². The highest BCUT2D eigenvalue weighted by molar-refractivity contribution is 7.90. The van der Waals surface area contributed by atoms with E-state index in [9.17, 15) is 17.6 Å². The Morgan fingerprint density at radius 1 is 1.35 bits per heavy atom. The zero-order valence-electron chi connectivity index (χ0n) is 13.1. The van der Waals surface area contributed by atoms with E-state index in [-0.39, 0.29) is 23.8 Å². The summed E-state index contributed by atoms with van der Waals surface area (Å²) >= 11 is 0. The van der Waals surface area contributed by atoms with E-state index in [2.05, 4.69) is 10.6 Å². The van der Waals surface area contributed by atoms with Crippen molar-refractivity contribution in [2.24, 2.45) is 5.41 Å². The summed E-state index contributed by atoms with van der Waals surface area (Å²) < 4.78 is 37.0. The average molecular weight is 340 g/mol. The van der Waals surface area contributed by atoms with Gasteiger partial charge >= 0.3 is 0 Å². The van der Waals surface area contributed by atoms with Crippen molar-refractivity contribution in [3.63, 3.8) is 0 Å². The standard InChI is InChI=1S/C16H21FN2O3S/c1-23(21,22)10-16(7-8-16)9-14(20)19-15-12(17)3-2-4-13(15)18-11-5-6-11/h2-4,11,18H,5-10H2,1H3,(H,19,20). The zero-order chi connectivity index (χ0) is 16.7. The second kappa shape index (κ2) is 5.78. The second-order valence-electron chi connectivity index (χ2n) is 6.88. The van der Waals surface area contributed by atoms with Crippen molar-refractivity contribution in [1.29, 1.82) is 0 Å². The predicted molar refractivity (Wildman–Crippen MR) is 87.7 cm³/mol. The van der Waals surface area contributed by atoms with Crippen LogP contribution in [0.1, 0.15) is 32.1 Å². The van der Waals surface area contributed by atoms with Crippen molar-refractivity contribution in [3.05, 3.63) is 24.0 Å². The Bertz CT molecular complexity index is 725. The fraction of sp³-hybridized carbons (Fsp3) is 0.562. The van der Waals surface area contributed by atoms with Crippen LogP contribution < -0.4 is 10.6 Å². The monoisotopic (exact) mass is 340 g/mol. The number of anilines is 2. The van der Waals surface area contributed by atoms with Gasteiger partial charge in [0.1, 0.15) is 21.3 Å². The molecule has 1 aromatic carbocycles. The van der Waals surface area contributed by atoms with E-state index in [0.29, 0.717) is 11.7 Å². The van der Waals surface area contributed by atoms with Gasteiger partial charge in [0, 0.05) is 18.7 Å². The van der Waals surface area contributed by atoms with Gasteiger partial charge < -0.3 is 10.6 Å². The molecule has 5 nitrogen and oxygen atoms in total. The molecule has 2 N–H and O–H groups in total. The molecule has 23 heavy (non-hydrogen) atoms. The lowest BCUT2D eigenvalue weighted by Gasteiger charge is -2.16. The molecule has 0 radical (unpaired) electrons. The number of amides is 1. The van der Waals surface area contributed by atoms with Crippen LogP contribution in [0.25, 0.3) is 0 Å². The Morgan fingerprint density at radius 3 is 2.61 bits per heavy atom. The molecule has 2 fully saturated rings. The topological polar surface area (TPSA) is 75.3 Å². The van der Waals surface area contributed by atoms with Crippen LogP contribution in [0.3, 0.4) is 0 Å². The molecule has 3 rings (SSSR count). The minimum atomic E-state index is -3.13. The maximum Gasteiger partial charge on any atom is 0.225 e. The molecule has 1 aromatic rings. The zero-order valence-corrected chi connectivity index (χ0v) is 13.9. The molecule has 7 heteroatoms. The summed E-state index contributed by atoms with van der Waals surface area (Å²) in [7, 11) is -3.13. The van der Waals surface area contributed by atoms with Gasteiger partial charge in [-0.05, 0) is 43.2 Å². The molecule has 0 aliphatic heterocycles. The van der Waals surface area contributed by atoms with Crippen molar-refractivity contribution in [3.8, 4) is 0 Å². The minimum Gasteiger partial charge on any atom is -0.381 e. The Hall–Kier alpha value is -1.63. The van der Waals surface area contributed by atoms with Crippen molar-refractivity contribution >= 4 is 27.1 Å². The van der Waals surface area contributed by atoms with Crippen LogP contribution >= 0.6 is 0 Å². The van der Waals surface area contributed by atoms with Gasteiger partial charge in [-0.15, -0.1) is 0 Å². The van der Waals surface area contributed by atoms with Crippen LogP contribution in [0.5, 0.6) is 0 Å². The molecule has 0 spiro atoms. The Balaban J connectivity index is 1.68. The average Bonchev–Trinajstić information content (AvgIpc) is 3.31. The maximum absolute atomic E-state index is 14.1. The summed E-state index contributed by atoms with van der Waals surface area (Å²) in [5, 5.41) is 5.82. The Morgan fingerprint density at radius 2 is 2.04 bits per heavy atom. The van der Waals surface area contributed by atoms with Crippen molar-refractivity contribution in [2.45, 2.75) is 38.1 Å². The fourth-order valence-corrected chi connectivity index (χ4v) is 4.35. The first kappa shape index (κ1) is 16.2. The molecule has 0 unspecified atom stereocenters. The number of hydrogen-bond acceptors (Lipinski definition) is 4. The van der Waals surface area contributed by atoms with Crippen LogP contribution in [-0.2, 0) is 14.6 Å². The van der Waals surface area contributed by atoms with E-state index in [1.165, 1.54) is 12.3 Å². The van der Waals surface area contributed by atoms with Crippen molar-refractivity contribution < 1.29 is 17.6 Å². The quantitative estimate of drug-likeness (QED) is 0.800. The molecule has 2 aliphatic rings. The van der Waals surface area contributed by atoms with E-state index in [0.717, 1.165) is 25.7 Å². The number of carbonyl (C=O) groups excluding carboxylic acids is 1. The van der Waals surface area contributed by atoms with E-state index in [1.54, 1.807) is 12.1 Å². The summed E-state index contributed by atoms with van der Waals surface area (Å²) in [6.45, 7) is 0. The lowest BCUT2D eigenvalue weighted by Crippen LogP contribution is -2.24. The lowest BCUT2D eigenvalue weighted by molar-refractivity contribution is -0.117. The lowest BCUT2D eigenvalue weighted by atomic mass is 10.0. The van der Waals surface area contributed by atoms with Gasteiger partial charge in [0.2, 0.25) is 5.91 Å². The highest BCUT2D eigenvalue weighted by atomic mass is 32.2. The van der Waals surface area contributed by atoms with Gasteiger partial charge in [0.15, 0.2) is 0 Å². The van der Waals surface area contributed by atoms with Crippen molar-refractivity contribution in [1.82, 2.24) is 0 Å². The van der Waals surface area contributed by atoms with Gasteiger partial charge in [0.25, 0.3) is 0 Å². The normalized spacial score (nSPS) is 19.2. The Kier molecular flexibility index (Phi) is 4.08. The summed E-state index contributed by atoms with van der Waals surface area (Å²) in [5.41, 5.74) is 0.265. The summed E-state index contributed by atoms with van der Waals surface area (Å²) in [5.74, 6) is -0.815. The number of carbonyl (C=O) groups is 1. The van der Waals surface area contributed by atoms with Gasteiger partial charge in [-0.1, -0.05) is 6.07 Å². The third-order valence-corrected chi connectivity index (χ3v) is 5.41. The summed E-state index contributed by atoms with van der Waals surface area (Å²) in [4.78, 5) is 12.3. The molecule has 0 heterocycles. The first-order valence-corrected chi connectivity index (χ1v) is 9.85. The van der Waals surface area contributed by atoms with Crippen molar-refractivity contribution in [2.75, 3.05) is 22.6 Å². The number of sulfone groups is 1. The highest BCUT2D eigenvalue weighted by Crippen LogP contribution is 2.50. The van der Waals surface area contributed by atoms with Gasteiger partial charge in [-0.3, -0.25) is 4.79 Å². The number of halogens is 1. The molecule has 0 bridgehead atoms. The first-order valence-electron chi connectivity index (χ1n) is 7.79. The maximum atomic E-state index is 14.1. The molecule has 0 atom stereocenters. The van der Waals surface area contributed by atoms with E-state index >= 15 is 0 Å². The molecular weight excluding hydrogens is 319 g/mol. The molecule has 0 aromatic heterocycles. The van der Waals surface area contributed by atoms with E-state index < -0.39 is 21.1 Å². The molecule has 126 valence electrons. The first-order chi connectivity index (χ1) is 10.8. The van der Waals surface area contributed by atoms with Crippen LogP contribution in [0.2, 0.25) is 0 Å². The second-order valence-corrected chi connectivity index (χ2v) is 9.02. The molecule has 2 saturated carbocycles. The van der Waals surface area contributed by atoms with E-state index in [4.69, 9.17) is 0 Å². The molecule has 0 saturated heterocycles. The van der Waals surface area contributed by atoms with E-state index in [1.807, 2.05) is 0 Å². The Labute approximate surface area is 135 Å². The van der Waals surface area contributed by atoms with Gasteiger partial charge in [-0.2, -0.15) is 0 Å². The number of benzene rings is 1. The van der Waals surface area contributed by atoms with Crippen LogP contribution in [-0.4, -0.2) is 32.4 Å². The molecule has 2 aliphatic carbocycles. The third-order valence-electron chi connectivity index (χ3n) is 4.28. The fourth-order valence-electron chi connectivity index (χ4n) is 2.85. The summed E-state index contributed by atoms with van der Waals surface area (Å²) in [6, 6.07) is 4.98. The predicted octanol–water partition coefficient (Wildman–Crippen LogP) is 2.55. The smallest absolute Gasteiger partial charge is 0.225 e. The molecular formula is C16H21FN2O3S. The van der Waals surface area contributed by atoms with Gasteiger partial charge in [-0.25, -0.2) is 12.8 Å². The van der Waals surface area contributed by atoms with Crippen LogP contribution in [0.4, 0.5) is 15.8 Å². The van der Waals surface area contributed by atoms with Gasteiger partial charge in [0.05, 0.1) is 11.4 Å². The number of hydrogen-bond donors (Lipinski definition) is 2. The number of rotatable bonds is 7. The summed E-state index contributed by atoms with van der Waals surface area (Å²) in [6.07, 6.45) is 4.81. The SMILES string of the molecule is CS(=O)(=O)CC1(CC(=O)Nc2c(F)cccc2NC2CC2)CC1.